The minimum absolute atomic E-state index is 0.716. The lowest BCUT2D eigenvalue weighted by atomic mass is 10.2. The molecule has 2 nitrogen and oxygen atoms in total. The smallest absolute Gasteiger partial charge is 0.0632 e. The summed E-state index contributed by atoms with van der Waals surface area (Å²) in [7, 11) is 0. The first-order chi connectivity index (χ1) is 4.92. The minimum atomic E-state index is 0.716. The zero-order valence-electron chi connectivity index (χ0n) is 6.25. The highest BCUT2D eigenvalue weighted by molar-refractivity contribution is 7.96. The molecule has 2 unspecified atom stereocenters. The summed E-state index contributed by atoms with van der Waals surface area (Å²) in [5, 5.41) is 0. The molecule has 2 saturated heterocycles. The molecule has 2 heterocycles. The first-order valence-corrected chi connectivity index (χ1v) is 5.00. The summed E-state index contributed by atoms with van der Waals surface area (Å²) in [5.41, 5.74) is 0. The van der Waals surface area contributed by atoms with E-state index in [9.17, 15) is 0 Å². The van der Waals surface area contributed by atoms with Crippen LogP contribution in [0.2, 0.25) is 0 Å². The molecule has 2 aliphatic heterocycles. The Morgan fingerprint density at radius 3 is 2.30 bits per heavy atom. The lowest BCUT2D eigenvalue weighted by Crippen LogP contribution is -2.40. The van der Waals surface area contributed by atoms with Crippen LogP contribution in [0, 0.1) is 0 Å². The van der Waals surface area contributed by atoms with Gasteiger partial charge >= 0.3 is 0 Å². The molecular formula is C7H13NOS. The Morgan fingerprint density at radius 1 is 1.30 bits per heavy atom. The topological polar surface area (TPSA) is 12.5 Å². The maximum absolute atomic E-state index is 5.43. The molecule has 0 aromatic rings. The van der Waals surface area contributed by atoms with Crippen molar-refractivity contribution in [2.45, 2.75) is 24.9 Å². The molecule has 2 rings (SSSR count). The van der Waals surface area contributed by atoms with Crippen LogP contribution in [0.5, 0.6) is 0 Å². The maximum atomic E-state index is 5.43. The summed E-state index contributed by atoms with van der Waals surface area (Å²) < 4.78 is 7.94. The molecule has 0 saturated carbocycles. The molecule has 0 radical (unpaired) electrons. The molecular weight excluding hydrogens is 146 g/mol. The van der Waals surface area contributed by atoms with E-state index in [1.165, 1.54) is 12.8 Å². The van der Waals surface area contributed by atoms with Gasteiger partial charge in [-0.25, -0.2) is 4.31 Å². The van der Waals surface area contributed by atoms with E-state index in [0.717, 1.165) is 13.2 Å². The van der Waals surface area contributed by atoms with Crippen molar-refractivity contribution < 1.29 is 4.74 Å². The van der Waals surface area contributed by atoms with E-state index in [4.69, 9.17) is 4.74 Å². The second kappa shape index (κ2) is 2.72. The molecule has 0 amide bonds. The summed E-state index contributed by atoms with van der Waals surface area (Å²) in [5.74, 6) is 0. The molecule has 0 aromatic carbocycles. The largest absolute Gasteiger partial charge is 0.378 e. The average Bonchev–Trinajstić information content (AvgIpc) is 2.19. The van der Waals surface area contributed by atoms with Crippen LogP contribution in [0.3, 0.4) is 0 Å². The second-order valence-corrected chi connectivity index (χ2v) is 3.75. The fourth-order valence-electron chi connectivity index (χ4n) is 1.89. The second-order valence-electron chi connectivity index (χ2n) is 2.96. The summed E-state index contributed by atoms with van der Waals surface area (Å²) in [4.78, 5) is 0. The fraction of sp³-hybridized carbons (Fsp3) is 1.00. The molecule has 3 heteroatoms. The van der Waals surface area contributed by atoms with Crippen molar-refractivity contribution in [2.24, 2.45) is 0 Å². The predicted octanol–water partition coefficient (Wildman–Crippen LogP) is 1.13. The van der Waals surface area contributed by atoms with Crippen LogP contribution in [-0.2, 0) is 4.74 Å². The number of ether oxygens (including phenoxy) is 1. The number of nitrogens with zero attached hydrogens (tertiary/aromatic N) is 1. The Labute approximate surface area is 66.0 Å². The van der Waals surface area contributed by atoms with Gasteiger partial charge < -0.3 is 4.74 Å². The zero-order chi connectivity index (χ0) is 6.97. The van der Waals surface area contributed by atoms with Crippen LogP contribution >= 0.6 is 11.9 Å². The van der Waals surface area contributed by atoms with Crippen LogP contribution < -0.4 is 0 Å². The van der Waals surface area contributed by atoms with E-state index in [1.807, 2.05) is 11.9 Å². The van der Waals surface area contributed by atoms with Gasteiger partial charge in [0.2, 0.25) is 0 Å². The normalized spacial score (nSPS) is 40.5. The molecule has 2 aliphatic rings. The van der Waals surface area contributed by atoms with Crippen molar-refractivity contribution in [1.29, 1.82) is 0 Å². The van der Waals surface area contributed by atoms with E-state index in [-0.39, 0.29) is 0 Å². The fourth-order valence-corrected chi connectivity index (χ4v) is 2.82. The zero-order valence-corrected chi connectivity index (χ0v) is 7.06. The van der Waals surface area contributed by atoms with Crippen molar-refractivity contribution in [1.82, 2.24) is 4.31 Å². The highest BCUT2D eigenvalue weighted by atomic mass is 32.2. The summed E-state index contributed by atoms with van der Waals surface area (Å²) in [6.07, 6.45) is 4.84. The molecule has 0 aromatic heterocycles. The molecule has 2 fully saturated rings. The number of hydrogen-bond donors (Lipinski definition) is 0. The first-order valence-electron chi connectivity index (χ1n) is 3.82. The van der Waals surface area contributed by atoms with Crippen molar-refractivity contribution in [3.63, 3.8) is 0 Å². The minimum Gasteiger partial charge on any atom is -0.378 e. The van der Waals surface area contributed by atoms with Gasteiger partial charge in [0.05, 0.1) is 13.2 Å². The molecule has 2 bridgehead atoms. The van der Waals surface area contributed by atoms with Gasteiger partial charge in [-0.1, -0.05) is 11.9 Å². The Hall–Kier alpha value is 0.270. The van der Waals surface area contributed by atoms with Gasteiger partial charge in [0.25, 0.3) is 0 Å². The third-order valence-electron chi connectivity index (χ3n) is 2.38. The number of morpholine rings is 1. The van der Waals surface area contributed by atoms with Crippen LogP contribution in [0.1, 0.15) is 12.8 Å². The third kappa shape index (κ3) is 0.966. The predicted molar refractivity (Wildman–Crippen MR) is 43.0 cm³/mol. The summed E-state index contributed by atoms with van der Waals surface area (Å²) in [6, 6.07) is 1.43. The van der Waals surface area contributed by atoms with Gasteiger partial charge in [-0.3, -0.25) is 0 Å². The van der Waals surface area contributed by atoms with E-state index in [0.29, 0.717) is 12.1 Å². The van der Waals surface area contributed by atoms with Gasteiger partial charge in [-0.05, 0) is 19.1 Å². The Balaban J connectivity index is 2.06. The Kier molecular flexibility index (Phi) is 1.89. The molecule has 0 spiro atoms. The lowest BCUT2D eigenvalue weighted by Gasteiger charge is -2.32. The van der Waals surface area contributed by atoms with Gasteiger partial charge in [0, 0.05) is 12.1 Å². The van der Waals surface area contributed by atoms with Gasteiger partial charge in [0.15, 0.2) is 0 Å². The van der Waals surface area contributed by atoms with E-state index in [2.05, 4.69) is 10.6 Å². The summed E-state index contributed by atoms with van der Waals surface area (Å²) >= 11 is 1.88. The number of rotatable bonds is 1. The van der Waals surface area contributed by atoms with E-state index >= 15 is 0 Å². The maximum Gasteiger partial charge on any atom is 0.0632 e. The number of fused-ring (bicyclic) bond motifs is 2. The van der Waals surface area contributed by atoms with Crippen LogP contribution in [0.25, 0.3) is 0 Å². The van der Waals surface area contributed by atoms with Crippen LogP contribution in [0.4, 0.5) is 0 Å². The lowest BCUT2D eigenvalue weighted by molar-refractivity contribution is 0.0320. The van der Waals surface area contributed by atoms with Crippen molar-refractivity contribution >= 4 is 11.9 Å². The van der Waals surface area contributed by atoms with Gasteiger partial charge in [-0.2, -0.15) is 0 Å². The molecule has 58 valence electrons. The quantitative estimate of drug-likeness (QED) is 0.532. The van der Waals surface area contributed by atoms with E-state index < -0.39 is 0 Å². The first kappa shape index (κ1) is 6.95. The average molecular weight is 159 g/mol. The van der Waals surface area contributed by atoms with Crippen LogP contribution in [-0.4, -0.2) is 35.9 Å². The Morgan fingerprint density at radius 2 is 1.90 bits per heavy atom. The number of hydrogen-bond acceptors (Lipinski definition) is 3. The molecule has 2 atom stereocenters. The van der Waals surface area contributed by atoms with Crippen LogP contribution in [0.15, 0.2) is 0 Å². The van der Waals surface area contributed by atoms with Crippen molar-refractivity contribution in [2.75, 3.05) is 19.5 Å². The molecule has 0 N–H and O–H groups in total. The standard InChI is InChI=1S/C7H13NOS/c1-10-8-6-2-3-7(8)5-9-4-6/h6-7H,2-5H2,1H3. The molecule has 0 aliphatic carbocycles. The highest BCUT2D eigenvalue weighted by Crippen LogP contribution is 2.32. The third-order valence-corrected chi connectivity index (χ3v) is 3.40. The van der Waals surface area contributed by atoms with Gasteiger partial charge in [-0.15, -0.1) is 0 Å². The SMILES string of the molecule is CSN1C2CCC1COC2. The van der Waals surface area contributed by atoms with Crippen molar-refractivity contribution in [3.8, 4) is 0 Å². The van der Waals surface area contributed by atoms with Gasteiger partial charge in [0.1, 0.15) is 0 Å². The monoisotopic (exact) mass is 159 g/mol. The summed E-state index contributed by atoms with van der Waals surface area (Å²) in [6.45, 7) is 1.91. The van der Waals surface area contributed by atoms with E-state index in [1.54, 1.807) is 0 Å². The Bertz CT molecular complexity index is 115. The molecule has 10 heavy (non-hydrogen) atoms. The van der Waals surface area contributed by atoms with Crippen molar-refractivity contribution in [3.05, 3.63) is 0 Å². The highest BCUT2D eigenvalue weighted by Gasteiger charge is 2.36.